The van der Waals surface area contributed by atoms with Crippen molar-refractivity contribution in [1.82, 2.24) is 5.32 Å². The summed E-state index contributed by atoms with van der Waals surface area (Å²) in [6.07, 6.45) is 2.10. The Labute approximate surface area is 109 Å². The topological polar surface area (TPSA) is 64.6 Å². The van der Waals surface area contributed by atoms with Crippen LogP contribution in [0.2, 0.25) is 0 Å². The van der Waals surface area contributed by atoms with E-state index in [-0.39, 0.29) is 11.9 Å². The van der Waals surface area contributed by atoms with E-state index in [1.165, 1.54) is 14.2 Å². The standard InChI is InChI=1S/C13H25NO4/c1-6-7-10(12(15)17-4)14-11(8-9(2)3)13(16)18-5/h9-11,14H,6-8H2,1-5H3/t10-,11-/m0/s1. The lowest BCUT2D eigenvalue weighted by Crippen LogP contribution is -2.48. The van der Waals surface area contributed by atoms with Crippen LogP contribution in [-0.2, 0) is 19.1 Å². The van der Waals surface area contributed by atoms with Gasteiger partial charge in [-0.25, -0.2) is 0 Å². The van der Waals surface area contributed by atoms with Gasteiger partial charge in [0.05, 0.1) is 14.2 Å². The zero-order chi connectivity index (χ0) is 14.1. The predicted molar refractivity (Wildman–Crippen MR) is 69.1 cm³/mol. The summed E-state index contributed by atoms with van der Waals surface area (Å²) < 4.78 is 9.48. The Bertz CT molecular complexity index is 266. The highest BCUT2D eigenvalue weighted by Gasteiger charge is 2.27. The van der Waals surface area contributed by atoms with Crippen LogP contribution in [0.5, 0.6) is 0 Å². The third kappa shape index (κ3) is 6.00. The third-order valence-electron chi connectivity index (χ3n) is 2.66. The number of nitrogens with one attached hydrogen (secondary N) is 1. The van der Waals surface area contributed by atoms with E-state index in [2.05, 4.69) is 5.32 Å². The fraction of sp³-hybridized carbons (Fsp3) is 0.846. The van der Waals surface area contributed by atoms with Gasteiger partial charge in [0.25, 0.3) is 0 Å². The Morgan fingerprint density at radius 3 is 1.94 bits per heavy atom. The fourth-order valence-electron chi connectivity index (χ4n) is 1.79. The van der Waals surface area contributed by atoms with E-state index >= 15 is 0 Å². The van der Waals surface area contributed by atoms with Crippen LogP contribution in [0.15, 0.2) is 0 Å². The van der Waals surface area contributed by atoms with Crippen molar-refractivity contribution in [2.45, 2.75) is 52.1 Å². The summed E-state index contributed by atoms with van der Waals surface area (Å²) in [5.74, 6) is -0.343. The zero-order valence-electron chi connectivity index (χ0n) is 12.0. The summed E-state index contributed by atoms with van der Waals surface area (Å²) in [6.45, 7) is 6.02. The molecular weight excluding hydrogens is 234 g/mol. The number of methoxy groups -OCH3 is 2. The number of ether oxygens (including phenoxy) is 2. The van der Waals surface area contributed by atoms with Gasteiger partial charge in [-0.1, -0.05) is 27.2 Å². The van der Waals surface area contributed by atoms with E-state index in [0.717, 1.165) is 6.42 Å². The van der Waals surface area contributed by atoms with Crippen LogP contribution in [0.3, 0.4) is 0 Å². The first-order chi connectivity index (χ1) is 8.46. The van der Waals surface area contributed by atoms with Crippen molar-refractivity contribution in [1.29, 1.82) is 0 Å². The molecule has 0 radical (unpaired) electrons. The van der Waals surface area contributed by atoms with Crippen molar-refractivity contribution in [3.63, 3.8) is 0 Å². The van der Waals surface area contributed by atoms with E-state index in [1.54, 1.807) is 0 Å². The molecule has 0 fully saturated rings. The SMILES string of the molecule is CCC[C@H](N[C@@H](CC(C)C)C(=O)OC)C(=O)OC. The first-order valence-electron chi connectivity index (χ1n) is 6.37. The Kier molecular flexibility index (Phi) is 8.37. The summed E-state index contributed by atoms with van der Waals surface area (Å²) >= 11 is 0. The maximum absolute atomic E-state index is 11.7. The number of hydrogen-bond donors (Lipinski definition) is 1. The summed E-state index contributed by atoms with van der Waals surface area (Å²) in [4.78, 5) is 23.3. The molecule has 0 rings (SSSR count). The maximum Gasteiger partial charge on any atom is 0.322 e. The molecule has 18 heavy (non-hydrogen) atoms. The van der Waals surface area contributed by atoms with Gasteiger partial charge in [-0.15, -0.1) is 0 Å². The summed E-state index contributed by atoms with van der Waals surface area (Å²) in [7, 11) is 2.70. The molecular formula is C13H25NO4. The number of rotatable bonds is 8. The molecule has 106 valence electrons. The summed E-state index contributed by atoms with van der Waals surface area (Å²) in [5.41, 5.74) is 0. The molecule has 0 saturated heterocycles. The molecule has 0 aliphatic carbocycles. The van der Waals surface area contributed by atoms with Crippen LogP contribution in [0.25, 0.3) is 0 Å². The van der Waals surface area contributed by atoms with E-state index in [1.807, 2.05) is 20.8 Å². The van der Waals surface area contributed by atoms with Crippen molar-refractivity contribution >= 4 is 11.9 Å². The average Bonchev–Trinajstić information content (AvgIpc) is 2.34. The van der Waals surface area contributed by atoms with E-state index in [4.69, 9.17) is 9.47 Å². The van der Waals surface area contributed by atoms with Crippen LogP contribution in [-0.4, -0.2) is 38.2 Å². The van der Waals surface area contributed by atoms with Crippen LogP contribution in [0.4, 0.5) is 0 Å². The van der Waals surface area contributed by atoms with Crippen LogP contribution in [0.1, 0.15) is 40.0 Å². The van der Waals surface area contributed by atoms with Gasteiger partial charge in [-0.05, 0) is 18.8 Å². The highest BCUT2D eigenvalue weighted by atomic mass is 16.5. The lowest BCUT2D eigenvalue weighted by Gasteiger charge is -2.23. The second-order valence-electron chi connectivity index (χ2n) is 4.74. The Morgan fingerprint density at radius 1 is 1.06 bits per heavy atom. The second kappa shape index (κ2) is 8.91. The maximum atomic E-state index is 11.7. The molecule has 0 aliphatic rings. The minimum atomic E-state index is -0.467. The van der Waals surface area contributed by atoms with E-state index < -0.39 is 12.1 Å². The molecule has 0 aromatic heterocycles. The van der Waals surface area contributed by atoms with E-state index in [9.17, 15) is 9.59 Å². The van der Waals surface area contributed by atoms with E-state index in [0.29, 0.717) is 18.8 Å². The molecule has 0 spiro atoms. The Balaban J connectivity index is 4.68. The van der Waals surface area contributed by atoms with Crippen molar-refractivity contribution in [2.75, 3.05) is 14.2 Å². The third-order valence-corrected chi connectivity index (χ3v) is 2.66. The minimum Gasteiger partial charge on any atom is -0.468 e. The van der Waals surface area contributed by atoms with Crippen molar-refractivity contribution in [3.8, 4) is 0 Å². The largest absolute Gasteiger partial charge is 0.468 e. The van der Waals surface area contributed by atoms with Gasteiger partial charge in [0, 0.05) is 0 Å². The lowest BCUT2D eigenvalue weighted by molar-refractivity contribution is -0.146. The molecule has 0 unspecified atom stereocenters. The smallest absolute Gasteiger partial charge is 0.322 e. The monoisotopic (exact) mass is 259 g/mol. The number of carbonyl (C=O) groups is 2. The molecule has 2 atom stereocenters. The van der Waals surface area contributed by atoms with Gasteiger partial charge in [-0.2, -0.15) is 0 Å². The van der Waals surface area contributed by atoms with Crippen LogP contribution < -0.4 is 5.32 Å². The van der Waals surface area contributed by atoms with Gasteiger partial charge < -0.3 is 9.47 Å². The molecule has 0 aromatic carbocycles. The summed E-state index contributed by atoms with van der Waals surface area (Å²) in [6, 6.07) is -0.923. The minimum absolute atomic E-state index is 0.335. The van der Waals surface area contributed by atoms with Gasteiger partial charge in [0.2, 0.25) is 0 Å². The normalized spacial score (nSPS) is 14.1. The molecule has 0 aliphatic heterocycles. The fourth-order valence-corrected chi connectivity index (χ4v) is 1.79. The first-order valence-corrected chi connectivity index (χ1v) is 6.37. The molecule has 1 N–H and O–H groups in total. The Morgan fingerprint density at radius 2 is 1.56 bits per heavy atom. The molecule has 5 nitrogen and oxygen atoms in total. The number of hydrogen-bond acceptors (Lipinski definition) is 5. The van der Waals surface area contributed by atoms with Gasteiger partial charge in [0.1, 0.15) is 12.1 Å². The van der Waals surface area contributed by atoms with Crippen molar-refractivity contribution < 1.29 is 19.1 Å². The molecule has 0 bridgehead atoms. The molecule has 0 saturated carbocycles. The highest BCUT2D eigenvalue weighted by molar-refractivity contribution is 5.79. The Hall–Kier alpha value is -1.10. The first kappa shape index (κ1) is 16.9. The van der Waals surface area contributed by atoms with Crippen LogP contribution in [0, 0.1) is 5.92 Å². The predicted octanol–water partition coefficient (Wildman–Crippen LogP) is 1.51. The molecule has 0 amide bonds. The van der Waals surface area contributed by atoms with Gasteiger partial charge in [0.15, 0.2) is 0 Å². The second-order valence-corrected chi connectivity index (χ2v) is 4.74. The lowest BCUT2D eigenvalue weighted by atomic mass is 10.0. The zero-order valence-corrected chi connectivity index (χ0v) is 12.0. The van der Waals surface area contributed by atoms with Gasteiger partial charge >= 0.3 is 11.9 Å². The molecule has 0 heterocycles. The summed E-state index contributed by atoms with van der Waals surface area (Å²) in [5, 5.41) is 3.04. The van der Waals surface area contributed by atoms with Crippen LogP contribution >= 0.6 is 0 Å². The quantitative estimate of drug-likeness (QED) is 0.669. The number of carbonyl (C=O) groups excluding carboxylic acids is 2. The number of esters is 2. The molecule has 0 aromatic rings. The average molecular weight is 259 g/mol. The van der Waals surface area contributed by atoms with Gasteiger partial charge in [-0.3, -0.25) is 14.9 Å². The molecule has 5 heteroatoms. The van der Waals surface area contributed by atoms with Crippen molar-refractivity contribution in [2.24, 2.45) is 5.92 Å². The highest BCUT2D eigenvalue weighted by Crippen LogP contribution is 2.09. The van der Waals surface area contributed by atoms with Crippen molar-refractivity contribution in [3.05, 3.63) is 0 Å².